The molecule has 19 heavy (non-hydrogen) atoms. The van der Waals surface area contributed by atoms with E-state index in [1.807, 2.05) is 6.07 Å². The van der Waals surface area contributed by atoms with E-state index in [1.165, 1.54) is 18.4 Å². The molecule has 0 spiro atoms. The van der Waals surface area contributed by atoms with E-state index >= 15 is 0 Å². The Kier molecular flexibility index (Phi) is 4.14. The molecule has 0 saturated heterocycles. The van der Waals surface area contributed by atoms with Crippen LogP contribution in [0.4, 0.5) is 5.69 Å². The van der Waals surface area contributed by atoms with Gasteiger partial charge in [0.2, 0.25) is 0 Å². The smallest absolute Gasteiger partial charge is 0.143 e. The van der Waals surface area contributed by atoms with Crippen molar-refractivity contribution in [2.24, 2.45) is 11.3 Å². The Hall–Kier alpha value is -0.700. The highest BCUT2D eigenvalue weighted by atomic mass is 79.9. The lowest BCUT2D eigenvalue weighted by Gasteiger charge is -2.23. The average Bonchev–Trinajstić information content (AvgIpc) is 2.55. The van der Waals surface area contributed by atoms with Crippen LogP contribution >= 0.6 is 15.9 Å². The molecule has 106 valence electrons. The molecule has 1 fully saturated rings. The molecule has 1 N–H and O–H groups in total. The summed E-state index contributed by atoms with van der Waals surface area (Å²) in [6.45, 7) is 9.18. The van der Waals surface area contributed by atoms with Crippen molar-refractivity contribution in [3.05, 3.63) is 22.2 Å². The lowest BCUT2D eigenvalue weighted by molar-refractivity contribution is 0.366. The van der Waals surface area contributed by atoms with Crippen molar-refractivity contribution in [1.29, 1.82) is 0 Å². The molecule has 2 nitrogen and oxygen atoms in total. The Morgan fingerprint density at radius 3 is 2.53 bits per heavy atom. The van der Waals surface area contributed by atoms with Crippen molar-refractivity contribution in [1.82, 2.24) is 0 Å². The number of nitrogens with one attached hydrogen (secondary N) is 1. The topological polar surface area (TPSA) is 21.3 Å². The number of ether oxygens (including phenoxy) is 1. The van der Waals surface area contributed by atoms with Crippen LogP contribution in [0.3, 0.4) is 0 Å². The number of halogens is 1. The van der Waals surface area contributed by atoms with Crippen LogP contribution in [-0.2, 0) is 0 Å². The first-order chi connectivity index (χ1) is 8.82. The standard InChI is InChI=1S/C16H24BrNO/c1-10-6-12(17)7-14(19-5)15(10)18-13-9-16(3,4)8-11(13)2/h6-7,11,13,18H,8-9H2,1-5H3. The van der Waals surface area contributed by atoms with Crippen molar-refractivity contribution in [3.8, 4) is 5.75 Å². The Morgan fingerprint density at radius 2 is 2.00 bits per heavy atom. The molecule has 0 radical (unpaired) electrons. The Morgan fingerprint density at radius 1 is 1.32 bits per heavy atom. The molecule has 0 bridgehead atoms. The molecule has 2 rings (SSSR count). The van der Waals surface area contributed by atoms with Crippen LogP contribution < -0.4 is 10.1 Å². The Balaban J connectivity index is 2.24. The molecule has 1 saturated carbocycles. The molecular weight excluding hydrogens is 302 g/mol. The summed E-state index contributed by atoms with van der Waals surface area (Å²) in [5.74, 6) is 1.62. The Bertz CT molecular complexity index is 470. The molecule has 1 aromatic carbocycles. The molecule has 3 heteroatoms. The van der Waals surface area contributed by atoms with Gasteiger partial charge in [-0.3, -0.25) is 0 Å². The Labute approximate surface area is 125 Å². The molecule has 1 aliphatic carbocycles. The first-order valence-corrected chi connectivity index (χ1v) is 7.72. The predicted octanol–water partition coefficient (Wildman–Crippen LogP) is 5.00. The summed E-state index contributed by atoms with van der Waals surface area (Å²) >= 11 is 3.52. The zero-order valence-electron chi connectivity index (χ0n) is 12.5. The summed E-state index contributed by atoms with van der Waals surface area (Å²) in [5, 5.41) is 3.72. The van der Waals surface area contributed by atoms with Gasteiger partial charge in [-0.15, -0.1) is 0 Å². The van der Waals surface area contributed by atoms with Gasteiger partial charge in [-0.25, -0.2) is 0 Å². The monoisotopic (exact) mass is 325 g/mol. The summed E-state index contributed by atoms with van der Waals surface area (Å²) in [7, 11) is 1.73. The number of aryl methyl sites for hydroxylation is 1. The number of hydrogen-bond acceptors (Lipinski definition) is 2. The molecule has 2 atom stereocenters. The van der Waals surface area contributed by atoms with Gasteiger partial charge in [0.25, 0.3) is 0 Å². The minimum absolute atomic E-state index is 0.438. The fourth-order valence-electron chi connectivity index (χ4n) is 3.33. The number of benzene rings is 1. The van der Waals surface area contributed by atoms with Crippen molar-refractivity contribution in [2.45, 2.75) is 46.6 Å². The van der Waals surface area contributed by atoms with Gasteiger partial charge in [0.05, 0.1) is 12.8 Å². The van der Waals surface area contributed by atoms with Gasteiger partial charge in [-0.05, 0) is 48.8 Å². The highest BCUT2D eigenvalue weighted by Crippen LogP contribution is 2.43. The zero-order chi connectivity index (χ0) is 14.2. The highest BCUT2D eigenvalue weighted by Gasteiger charge is 2.37. The third kappa shape index (κ3) is 3.25. The molecule has 2 unspecified atom stereocenters. The van der Waals surface area contributed by atoms with Crippen LogP contribution in [0.15, 0.2) is 16.6 Å². The maximum absolute atomic E-state index is 5.51. The minimum Gasteiger partial charge on any atom is -0.495 e. The molecular formula is C16H24BrNO. The van der Waals surface area contributed by atoms with Crippen LogP contribution in [0.2, 0.25) is 0 Å². The molecule has 0 aromatic heterocycles. The second-order valence-corrected chi connectivity index (χ2v) is 7.52. The lowest BCUT2D eigenvalue weighted by Crippen LogP contribution is -2.23. The summed E-state index contributed by atoms with van der Waals surface area (Å²) in [6.07, 6.45) is 2.50. The van der Waals surface area contributed by atoms with Gasteiger partial charge < -0.3 is 10.1 Å². The van der Waals surface area contributed by atoms with Gasteiger partial charge in [0.15, 0.2) is 0 Å². The normalized spacial score (nSPS) is 25.4. The number of hydrogen-bond donors (Lipinski definition) is 1. The van der Waals surface area contributed by atoms with Gasteiger partial charge in [-0.2, -0.15) is 0 Å². The van der Waals surface area contributed by atoms with E-state index in [9.17, 15) is 0 Å². The molecule has 0 heterocycles. The largest absolute Gasteiger partial charge is 0.495 e. The SMILES string of the molecule is COc1cc(Br)cc(C)c1NC1CC(C)(C)CC1C. The maximum Gasteiger partial charge on any atom is 0.143 e. The van der Waals surface area contributed by atoms with E-state index in [-0.39, 0.29) is 0 Å². The summed E-state index contributed by atoms with van der Waals surface area (Å²) in [6, 6.07) is 4.69. The minimum atomic E-state index is 0.438. The van der Waals surface area contributed by atoms with Crippen molar-refractivity contribution in [3.63, 3.8) is 0 Å². The van der Waals surface area contributed by atoms with E-state index in [4.69, 9.17) is 4.74 Å². The van der Waals surface area contributed by atoms with Crippen LogP contribution in [0.25, 0.3) is 0 Å². The van der Waals surface area contributed by atoms with E-state index < -0.39 is 0 Å². The zero-order valence-corrected chi connectivity index (χ0v) is 14.1. The van der Waals surface area contributed by atoms with Crippen molar-refractivity contribution in [2.75, 3.05) is 12.4 Å². The van der Waals surface area contributed by atoms with Crippen LogP contribution in [0, 0.1) is 18.3 Å². The average molecular weight is 326 g/mol. The van der Waals surface area contributed by atoms with Gasteiger partial charge in [0, 0.05) is 10.5 Å². The summed E-state index contributed by atoms with van der Waals surface area (Å²) in [4.78, 5) is 0. The quantitative estimate of drug-likeness (QED) is 0.844. The van der Waals surface area contributed by atoms with Crippen LogP contribution in [-0.4, -0.2) is 13.2 Å². The first kappa shape index (κ1) is 14.7. The maximum atomic E-state index is 5.51. The summed E-state index contributed by atoms with van der Waals surface area (Å²) < 4.78 is 6.57. The molecule has 1 aliphatic rings. The fraction of sp³-hybridized carbons (Fsp3) is 0.625. The third-order valence-electron chi connectivity index (χ3n) is 4.15. The van der Waals surface area contributed by atoms with Gasteiger partial charge in [-0.1, -0.05) is 36.7 Å². The van der Waals surface area contributed by atoms with Crippen molar-refractivity contribution < 1.29 is 4.74 Å². The number of rotatable bonds is 3. The second-order valence-electron chi connectivity index (χ2n) is 6.60. The second kappa shape index (κ2) is 5.35. The number of anilines is 1. The third-order valence-corrected chi connectivity index (χ3v) is 4.61. The molecule has 1 aromatic rings. The van der Waals surface area contributed by atoms with Gasteiger partial charge in [0.1, 0.15) is 5.75 Å². The highest BCUT2D eigenvalue weighted by molar-refractivity contribution is 9.10. The van der Waals surface area contributed by atoms with E-state index in [1.54, 1.807) is 7.11 Å². The van der Waals surface area contributed by atoms with Crippen LogP contribution in [0.1, 0.15) is 39.2 Å². The first-order valence-electron chi connectivity index (χ1n) is 6.93. The van der Waals surface area contributed by atoms with E-state index in [2.05, 4.69) is 55.0 Å². The molecule has 0 amide bonds. The van der Waals surface area contributed by atoms with E-state index in [0.29, 0.717) is 17.4 Å². The number of methoxy groups -OCH3 is 1. The van der Waals surface area contributed by atoms with Crippen molar-refractivity contribution >= 4 is 21.6 Å². The fourth-order valence-corrected chi connectivity index (χ4v) is 3.88. The van der Waals surface area contributed by atoms with E-state index in [0.717, 1.165) is 15.9 Å². The predicted molar refractivity (Wildman–Crippen MR) is 85.0 cm³/mol. The summed E-state index contributed by atoms with van der Waals surface area (Å²) in [5.41, 5.74) is 2.80. The van der Waals surface area contributed by atoms with Crippen LogP contribution in [0.5, 0.6) is 5.75 Å². The lowest BCUT2D eigenvalue weighted by atomic mass is 9.91. The molecule has 0 aliphatic heterocycles. The van der Waals surface area contributed by atoms with Gasteiger partial charge >= 0.3 is 0 Å².